The number of carbonyl (C=O) groups is 1. The molecular weight excluding hydrogens is 196 g/mol. The minimum Gasteiger partial charge on any atom is -0.290 e. The summed E-state index contributed by atoms with van der Waals surface area (Å²) < 4.78 is 0. The van der Waals surface area contributed by atoms with Gasteiger partial charge in [0.25, 0.3) is 0 Å². The number of Topliss-reactive ketones (excluding diaryl/α,β-unsaturated/α-hetero) is 1. The molecule has 0 spiro atoms. The molecule has 0 saturated carbocycles. The van der Waals surface area contributed by atoms with E-state index in [4.69, 9.17) is 0 Å². The number of rotatable bonds is 2. The number of ketones is 1. The van der Waals surface area contributed by atoms with E-state index in [0.717, 1.165) is 16.7 Å². The fourth-order valence-electron chi connectivity index (χ4n) is 1.62. The van der Waals surface area contributed by atoms with Crippen LogP contribution >= 0.6 is 0 Å². The van der Waals surface area contributed by atoms with Crippen LogP contribution in [-0.4, -0.2) is 5.78 Å². The van der Waals surface area contributed by atoms with Gasteiger partial charge in [-0.2, -0.15) is 11.6 Å². The molecule has 0 amide bonds. The van der Waals surface area contributed by atoms with E-state index in [1.54, 1.807) is 0 Å². The molecule has 2 rings (SSSR count). The second kappa shape index (κ2) is 4.67. The number of benzene rings is 1. The van der Waals surface area contributed by atoms with Crippen molar-refractivity contribution < 1.29 is 4.79 Å². The Balaban J connectivity index is 2.30. The van der Waals surface area contributed by atoms with Gasteiger partial charge in [0.15, 0.2) is 5.78 Å². The quantitative estimate of drug-likeness (QED) is 0.538. The lowest BCUT2D eigenvalue weighted by molar-refractivity contribution is 0.103. The zero-order valence-electron chi connectivity index (χ0n) is 9.18. The molecule has 0 bridgehead atoms. The lowest BCUT2D eigenvalue weighted by atomic mass is 9.95. The Kier molecular flexibility index (Phi) is 3.06. The van der Waals surface area contributed by atoms with Crippen molar-refractivity contribution in [3.63, 3.8) is 0 Å². The average Bonchev–Trinajstić information content (AvgIpc) is 2.39. The van der Waals surface area contributed by atoms with Crippen molar-refractivity contribution in [2.45, 2.75) is 6.92 Å². The van der Waals surface area contributed by atoms with Gasteiger partial charge in [0.1, 0.15) is 0 Å². The lowest BCUT2D eigenvalue weighted by Gasteiger charge is -2.15. The minimum absolute atomic E-state index is 0.0734. The maximum absolute atomic E-state index is 12.1. The SMILES string of the molecule is C/C=C1/C=C(C(=O)c2ccccc2)C=C[CH-]1. The summed E-state index contributed by atoms with van der Waals surface area (Å²) in [6.45, 7) is 1.96. The van der Waals surface area contributed by atoms with Crippen LogP contribution in [0.15, 0.2) is 65.8 Å². The van der Waals surface area contributed by atoms with Crippen molar-refractivity contribution in [2.75, 3.05) is 0 Å². The molecule has 0 aromatic heterocycles. The van der Waals surface area contributed by atoms with E-state index < -0.39 is 0 Å². The summed E-state index contributed by atoms with van der Waals surface area (Å²) >= 11 is 0. The number of allylic oxidation sites excluding steroid dienone is 6. The van der Waals surface area contributed by atoms with Crippen LogP contribution in [0, 0.1) is 6.42 Å². The van der Waals surface area contributed by atoms with Crippen LogP contribution in [0.1, 0.15) is 17.3 Å². The van der Waals surface area contributed by atoms with Crippen molar-refractivity contribution in [1.82, 2.24) is 0 Å². The molecule has 0 aliphatic heterocycles. The summed E-state index contributed by atoms with van der Waals surface area (Å²) in [5.74, 6) is 0.0734. The van der Waals surface area contributed by atoms with Crippen LogP contribution in [0.3, 0.4) is 0 Å². The lowest BCUT2D eigenvalue weighted by Crippen LogP contribution is -2.03. The van der Waals surface area contributed by atoms with Crippen LogP contribution in [0.5, 0.6) is 0 Å². The molecule has 0 atom stereocenters. The summed E-state index contributed by atoms with van der Waals surface area (Å²) in [5.41, 5.74) is 2.54. The van der Waals surface area contributed by atoms with E-state index in [1.807, 2.05) is 68.0 Å². The third-order valence-corrected chi connectivity index (χ3v) is 2.52. The Hall–Kier alpha value is -2.02. The van der Waals surface area contributed by atoms with Gasteiger partial charge in [-0.25, -0.2) is 0 Å². The molecule has 1 aromatic carbocycles. The smallest absolute Gasteiger partial charge is 0.174 e. The molecular formula is C15H13O-. The first-order valence-corrected chi connectivity index (χ1v) is 5.30. The summed E-state index contributed by atoms with van der Waals surface area (Å²) in [6, 6.07) is 9.34. The maximum Gasteiger partial charge on any atom is 0.174 e. The molecule has 0 heterocycles. The van der Waals surface area contributed by atoms with E-state index in [0.29, 0.717) is 0 Å². The Bertz CT molecular complexity index is 475. The van der Waals surface area contributed by atoms with Gasteiger partial charge in [0.2, 0.25) is 0 Å². The molecule has 1 nitrogen and oxygen atoms in total. The second-order valence-electron chi connectivity index (χ2n) is 3.61. The van der Waals surface area contributed by atoms with E-state index in [1.165, 1.54) is 0 Å². The zero-order chi connectivity index (χ0) is 11.4. The highest BCUT2D eigenvalue weighted by Crippen LogP contribution is 2.18. The topological polar surface area (TPSA) is 17.1 Å². The molecule has 1 aromatic rings. The third-order valence-electron chi connectivity index (χ3n) is 2.52. The zero-order valence-corrected chi connectivity index (χ0v) is 9.18. The summed E-state index contributed by atoms with van der Waals surface area (Å²) in [5, 5.41) is 0. The first-order valence-electron chi connectivity index (χ1n) is 5.30. The van der Waals surface area contributed by atoms with Gasteiger partial charge in [-0.3, -0.25) is 4.79 Å². The monoisotopic (exact) mass is 209 g/mol. The van der Waals surface area contributed by atoms with Gasteiger partial charge >= 0.3 is 0 Å². The Morgan fingerprint density at radius 2 is 2.00 bits per heavy atom. The Morgan fingerprint density at radius 1 is 1.25 bits per heavy atom. The van der Waals surface area contributed by atoms with Gasteiger partial charge in [-0.05, 0) is 0 Å². The molecule has 80 valence electrons. The highest BCUT2D eigenvalue weighted by molar-refractivity contribution is 6.11. The summed E-state index contributed by atoms with van der Waals surface area (Å²) in [7, 11) is 0. The fourth-order valence-corrected chi connectivity index (χ4v) is 1.62. The van der Waals surface area contributed by atoms with E-state index in [-0.39, 0.29) is 5.78 Å². The van der Waals surface area contributed by atoms with Crippen molar-refractivity contribution in [3.05, 3.63) is 77.8 Å². The summed E-state index contributed by atoms with van der Waals surface area (Å²) in [6.07, 6.45) is 9.65. The van der Waals surface area contributed by atoms with Crippen LogP contribution in [0.25, 0.3) is 0 Å². The maximum atomic E-state index is 12.1. The van der Waals surface area contributed by atoms with Crippen molar-refractivity contribution in [1.29, 1.82) is 0 Å². The molecule has 0 N–H and O–H groups in total. The van der Waals surface area contributed by atoms with Crippen LogP contribution in [0.2, 0.25) is 0 Å². The molecule has 1 heteroatoms. The van der Waals surface area contributed by atoms with Gasteiger partial charge in [-0.1, -0.05) is 42.8 Å². The van der Waals surface area contributed by atoms with Gasteiger partial charge in [0, 0.05) is 5.56 Å². The first kappa shape index (κ1) is 10.5. The Labute approximate surface area is 95.8 Å². The molecule has 0 unspecified atom stereocenters. The predicted octanol–water partition coefficient (Wildman–Crippen LogP) is 3.52. The van der Waals surface area contributed by atoms with Crippen LogP contribution < -0.4 is 0 Å². The van der Waals surface area contributed by atoms with E-state index >= 15 is 0 Å². The van der Waals surface area contributed by atoms with Crippen LogP contribution in [0.4, 0.5) is 0 Å². The second-order valence-corrected chi connectivity index (χ2v) is 3.61. The summed E-state index contributed by atoms with van der Waals surface area (Å²) in [4.78, 5) is 12.1. The highest BCUT2D eigenvalue weighted by Gasteiger charge is 2.07. The molecule has 16 heavy (non-hydrogen) atoms. The van der Waals surface area contributed by atoms with Crippen molar-refractivity contribution >= 4 is 5.78 Å². The van der Waals surface area contributed by atoms with E-state index in [2.05, 4.69) is 0 Å². The van der Waals surface area contributed by atoms with Crippen molar-refractivity contribution in [2.24, 2.45) is 0 Å². The predicted molar refractivity (Wildman–Crippen MR) is 66.1 cm³/mol. The van der Waals surface area contributed by atoms with Crippen molar-refractivity contribution in [3.8, 4) is 0 Å². The number of hydrogen-bond acceptors (Lipinski definition) is 1. The highest BCUT2D eigenvalue weighted by atomic mass is 16.1. The van der Waals surface area contributed by atoms with Crippen LogP contribution in [-0.2, 0) is 0 Å². The van der Waals surface area contributed by atoms with Gasteiger partial charge < -0.3 is 0 Å². The molecule has 0 saturated heterocycles. The Morgan fingerprint density at radius 3 is 2.69 bits per heavy atom. The number of carbonyl (C=O) groups excluding carboxylic acids is 1. The molecule has 0 fully saturated rings. The fraction of sp³-hybridized carbons (Fsp3) is 0.0667. The first-order chi connectivity index (χ1) is 7.81. The van der Waals surface area contributed by atoms with Gasteiger partial charge in [0.05, 0.1) is 0 Å². The van der Waals surface area contributed by atoms with E-state index in [9.17, 15) is 4.79 Å². The largest absolute Gasteiger partial charge is 0.290 e. The molecule has 0 radical (unpaired) electrons. The van der Waals surface area contributed by atoms with Gasteiger partial charge in [-0.15, -0.1) is 24.6 Å². The average molecular weight is 209 g/mol. The normalized spacial score (nSPS) is 16.8. The standard InChI is InChI=1S/C15H13O/c1-2-12-7-6-10-14(11-12)15(16)13-8-4-3-5-9-13/h2-11H,1H3/q-1/b12-2+. The molecule has 1 aliphatic rings. The minimum atomic E-state index is 0.0734. The third kappa shape index (κ3) is 2.14. The molecule has 1 aliphatic carbocycles. The number of hydrogen-bond donors (Lipinski definition) is 0.